The quantitative estimate of drug-likeness (QED) is 0.763. The van der Waals surface area contributed by atoms with Gasteiger partial charge in [0.15, 0.2) is 0 Å². The molecule has 1 aliphatic rings. The highest BCUT2D eigenvalue weighted by Crippen LogP contribution is 2.18. The predicted molar refractivity (Wildman–Crippen MR) is 66.6 cm³/mol. The van der Waals surface area contributed by atoms with Crippen molar-refractivity contribution < 1.29 is 4.79 Å². The van der Waals surface area contributed by atoms with E-state index in [0.717, 1.165) is 12.8 Å². The molecule has 2 rings (SSSR count). The second-order valence-corrected chi connectivity index (χ2v) is 4.73. The number of hydrogen-bond acceptors (Lipinski definition) is 3. The van der Waals surface area contributed by atoms with E-state index in [-0.39, 0.29) is 5.91 Å². The largest absolute Gasteiger partial charge is 0.396 e. The summed E-state index contributed by atoms with van der Waals surface area (Å²) < 4.78 is 1.53. The molecular formula is C12H20N4O. The smallest absolute Gasteiger partial charge is 0.271 e. The lowest BCUT2D eigenvalue weighted by Gasteiger charge is -2.16. The minimum Gasteiger partial charge on any atom is -0.396 e. The monoisotopic (exact) mass is 236 g/mol. The molecule has 1 aromatic heterocycles. The summed E-state index contributed by atoms with van der Waals surface area (Å²) in [5.41, 5.74) is 6.64. The normalized spacial score (nSPS) is 17.7. The Labute approximate surface area is 101 Å². The van der Waals surface area contributed by atoms with Gasteiger partial charge < -0.3 is 11.1 Å². The fraction of sp³-hybridized carbons (Fsp3) is 0.667. The van der Waals surface area contributed by atoms with Crippen LogP contribution in [-0.4, -0.2) is 21.7 Å². The molecule has 1 aromatic rings. The van der Waals surface area contributed by atoms with Crippen molar-refractivity contribution in [1.82, 2.24) is 15.1 Å². The lowest BCUT2D eigenvalue weighted by Crippen LogP contribution is -2.35. The molecule has 3 N–H and O–H groups in total. The molecule has 0 atom stereocenters. The van der Waals surface area contributed by atoms with Crippen LogP contribution in [0.15, 0.2) is 6.20 Å². The van der Waals surface area contributed by atoms with E-state index in [4.69, 9.17) is 5.73 Å². The van der Waals surface area contributed by atoms with E-state index in [0.29, 0.717) is 17.4 Å². The van der Waals surface area contributed by atoms with Gasteiger partial charge in [-0.3, -0.25) is 9.48 Å². The average Bonchev–Trinajstić information content (AvgIpc) is 2.53. The van der Waals surface area contributed by atoms with Gasteiger partial charge in [0.25, 0.3) is 5.91 Å². The number of nitrogen functional groups attached to an aromatic ring is 1. The number of amides is 1. The Morgan fingerprint density at radius 1 is 1.41 bits per heavy atom. The fourth-order valence-electron chi connectivity index (χ4n) is 2.41. The van der Waals surface area contributed by atoms with Crippen molar-refractivity contribution in [3.8, 4) is 0 Å². The van der Waals surface area contributed by atoms with Crippen LogP contribution in [0.4, 0.5) is 5.69 Å². The summed E-state index contributed by atoms with van der Waals surface area (Å²) in [6, 6.07) is 0.291. The van der Waals surface area contributed by atoms with Crippen molar-refractivity contribution in [3.05, 3.63) is 11.9 Å². The first-order valence-electron chi connectivity index (χ1n) is 6.27. The minimum atomic E-state index is -0.102. The van der Waals surface area contributed by atoms with Crippen LogP contribution in [0, 0.1) is 0 Å². The molecule has 0 spiro atoms. The molecule has 0 radical (unpaired) electrons. The molecule has 1 saturated carbocycles. The molecule has 1 amide bonds. The average molecular weight is 236 g/mol. The molecule has 0 aliphatic heterocycles. The predicted octanol–water partition coefficient (Wildman–Crippen LogP) is 1.45. The highest BCUT2D eigenvalue weighted by molar-refractivity contribution is 5.97. The summed E-state index contributed by atoms with van der Waals surface area (Å²) in [5, 5.41) is 7.04. The fourth-order valence-corrected chi connectivity index (χ4v) is 2.41. The third-order valence-corrected chi connectivity index (χ3v) is 3.37. The summed E-state index contributed by atoms with van der Waals surface area (Å²) in [5.74, 6) is -0.102. The molecule has 0 aromatic carbocycles. The highest BCUT2D eigenvalue weighted by atomic mass is 16.2. The van der Waals surface area contributed by atoms with Gasteiger partial charge in [-0.25, -0.2) is 0 Å². The van der Waals surface area contributed by atoms with Crippen molar-refractivity contribution in [2.75, 3.05) is 5.73 Å². The molecule has 1 aliphatic carbocycles. The standard InChI is InChI=1S/C12H20N4O/c1-16-11(10(13)8-14-16)12(17)15-9-6-4-2-3-5-7-9/h8-9H,2-7,13H2,1H3,(H,15,17). The van der Waals surface area contributed by atoms with Crippen LogP contribution < -0.4 is 11.1 Å². The van der Waals surface area contributed by atoms with E-state index in [2.05, 4.69) is 10.4 Å². The number of nitrogens with one attached hydrogen (secondary N) is 1. The van der Waals surface area contributed by atoms with Crippen LogP contribution in [0.25, 0.3) is 0 Å². The van der Waals surface area contributed by atoms with Gasteiger partial charge in [-0.1, -0.05) is 25.7 Å². The van der Waals surface area contributed by atoms with Crippen LogP contribution in [0.5, 0.6) is 0 Å². The van der Waals surface area contributed by atoms with Gasteiger partial charge >= 0.3 is 0 Å². The summed E-state index contributed by atoms with van der Waals surface area (Å²) >= 11 is 0. The summed E-state index contributed by atoms with van der Waals surface area (Å²) in [6.45, 7) is 0. The number of nitrogens with two attached hydrogens (primary N) is 1. The van der Waals surface area contributed by atoms with Crippen LogP contribution in [-0.2, 0) is 7.05 Å². The highest BCUT2D eigenvalue weighted by Gasteiger charge is 2.19. The van der Waals surface area contributed by atoms with E-state index in [1.165, 1.54) is 36.6 Å². The Kier molecular flexibility index (Phi) is 3.66. The second-order valence-electron chi connectivity index (χ2n) is 4.73. The molecule has 0 unspecified atom stereocenters. The molecule has 5 heteroatoms. The number of rotatable bonds is 2. The van der Waals surface area contributed by atoms with E-state index in [9.17, 15) is 4.79 Å². The van der Waals surface area contributed by atoms with Crippen LogP contribution in [0.1, 0.15) is 49.0 Å². The molecule has 1 fully saturated rings. The number of carbonyl (C=O) groups excluding carboxylic acids is 1. The number of carbonyl (C=O) groups is 1. The molecule has 5 nitrogen and oxygen atoms in total. The Morgan fingerprint density at radius 3 is 2.59 bits per heavy atom. The van der Waals surface area contributed by atoms with Crippen LogP contribution in [0.3, 0.4) is 0 Å². The zero-order valence-electron chi connectivity index (χ0n) is 10.3. The van der Waals surface area contributed by atoms with Gasteiger partial charge in [0.05, 0.1) is 11.9 Å². The van der Waals surface area contributed by atoms with E-state index < -0.39 is 0 Å². The van der Waals surface area contributed by atoms with Gasteiger partial charge in [-0.2, -0.15) is 5.10 Å². The minimum absolute atomic E-state index is 0.102. The number of nitrogens with zero attached hydrogens (tertiary/aromatic N) is 2. The third-order valence-electron chi connectivity index (χ3n) is 3.37. The van der Waals surface area contributed by atoms with Crippen molar-refractivity contribution in [2.45, 2.75) is 44.6 Å². The number of anilines is 1. The van der Waals surface area contributed by atoms with Gasteiger partial charge in [-0.15, -0.1) is 0 Å². The molecule has 94 valence electrons. The lowest BCUT2D eigenvalue weighted by atomic mass is 10.1. The van der Waals surface area contributed by atoms with E-state index in [1.807, 2.05) is 0 Å². The Hall–Kier alpha value is -1.52. The first-order valence-corrected chi connectivity index (χ1v) is 6.27. The summed E-state index contributed by atoms with van der Waals surface area (Å²) in [6.07, 6.45) is 8.62. The van der Waals surface area contributed by atoms with Gasteiger partial charge in [0.2, 0.25) is 0 Å². The zero-order chi connectivity index (χ0) is 12.3. The summed E-state index contributed by atoms with van der Waals surface area (Å²) in [7, 11) is 1.73. The lowest BCUT2D eigenvalue weighted by molar-refractivity contribution is 0.0925. The molecule has 1 heterocycles. The topological polar surface area (TPSA) is 72.9 Å². The molecule has 0 bridgehead atoms. The van der Waals surface area contributed by atoms with Crippen molar-refractivity contribution in [2.24, 2.45) is 7.05 Å². The molecular weight excluding hydrogens is 216 g/mol. The maximum atomic E-state index is 12.1. The first-order chi connectivity index (χ1) is 8.18. The Bertz CT molecular complexity index is 372. The number of aryl methyl sites for hydroxylation is 1. The van der Waals surface area contributed by atoms with Gasteiger partial charge in [-0.05, 0) is 12.8 Å². The van der Waals surface area contributed by atoms with Crippen molar-refractivity contribution in [1.29, 1.82) is 0 Å². The Balaban J connectivity index is 2.01. The van der Waals surface area contributed by atoms with Crippen molar-refractivity contribution >= 4 is 11.6 Å². The van der Waals surface area contributed by atoms with E-state index in [1.54, 1.807) is 7.05 Å². The number of hydrogen-bond donors (Lipinski definition) is 2. The third kappa shape index (κ3) is 2.78. The maximum absolute atomic E-state index is 12.1. The summed E-state index contributed by atoms with van der Waals surface area (Å²) in [4.78, 5) is 12.1. The second kappa shape index (κ2) is 5.21. The zero-order valence-corrected chi connectivity index (χ0v) is 10.3. The first kappa shape index (κ1) is 12.0. The SMILES string of the molecule is Cn1ncc(N)c1C(=O)NC1CCCCCC1. The van der Waals surface area contributed by atoms with Crippen LogP contribution in [0.2, 0.25) is 0 Å². The van der Waals surface area contributed by atoms with Crippen molar-refractivity contribution in [3.63, 3.8) is 0 Å². The van der Waals surface area contributed by atoms with E-state index >= 15 is 0 Å². The van der Waals surface area contributed by atoms with Gasteiger partial charge in [0.1, 0.15) is 5.69 Å². The number of aromatic nitrogens is 2. The van der Waals surface area contributed by atoms with Crippen LogP contribution >= 0.6 is 0 Å². The van der Waals surface area contributed by atoms with Gasteiger partial charge in [0, 0.05) is 13.1 Å². The Morgan fingerprint density at radius 2 is 2.06 bits per heavy atom. The molecule has 17 heavy (non-hydrogen) atoms. The molecule has 0 saturated heterocycles. The maximum Gasteiger partial charge on any atom is 0.271 e.